The van der Waals surface area contributed by atoms with Gasteiger partial charge in [0, 0.05) is 6.54 Å². The molecule has 0 fully saturated rings. The van der Waals surface area contributed by atoms with E-state index in [1.165, 1.54) is 7.11 Å². The zero-order valence-electron chi connectivity index (χ0n) is 5.70. The van der Waals surface area contributed by atoms with Crippen LogP contribution in [0.1, 0.15) is 0 Å². The highest BCUT2D eigenvalue weighted by atomic mass is 16.5. The van der Waals surface area contributed by atoms with Gasteiger partial charge in [0.15, 0.2) is 0 Å². The van der Waals surface area contributed by atoms with Crippen LogP contribution in [0.5, 0.6) is 0 Å². The molecule has 10 heavy (non-hydrogen) atoms. The number of methoxy groups -OCH3 is 1. The van der Waals surface area contributed by atoms with Crippen molar-refractivity contribution in [1.82, 2.24) is 5.32 Å². The summed E-state index contributed by atoms with van der Waals surface area (Å²) in [6.07, 6.45) is -1.54. The monoisotopic (exact) mass is 149 g/mol. The van der Waals surface area contributed by atoms with Gasteiger partial charge in [-0.3, -0.25) is 0 Å². The predicted molar refractivity (Wildman–Crippen MR) is 33.5 cm³/mol. The van der Waals surface area contributed by atoms with Gasteiger partial charge < -0.3 is 20.3 Å². The van der Waals surface area contributed by atoms with Gasteiger partial charge in [0.2, 0.25) is 0 Å². The van der Waals surface area contributed by atoms with E-state index in [1.807, 2.05) is 0 Å². The molecule has 0 radical (unpaired) electrons. The largest absolute Gasteiger partial charge is 0.453 e. The van der Waals surface area contributed by atoms with Crippen LogP contribution in [0.15, 0.2) is 0 Å². The van der Waals surface area contributed by atoms with Crippen LogP contribution in [0.25, 0.3) is 0 Å². The van der Waals surface area contributed by atoms with E-state index in [0.29, 0.717) is 0 Å². The third kappa shape index (κ3) is 4.11. The van der Waals surface area contributed by atoms with Crippen molar-refractivity contribution in [3.63, 3.8) is 0 Å². The highest BCUT2D eigenvalue weighted by Crippen LogP contribution is 1.77. The molecule has 3 N–H and O–H groups in total. The summed E-state index contributed by atoms with van der Waals surface area (Å²) in [5, 5.41) is 19.2. The second-order valence-corrected chi connectivity index (χ2v) is 1.71. The maximum atomic E-state index is 10.3. The van der Waals surface area contributed by atoms with Crippen molar-refractivity contribution in [2.75, 3.05) is 20.3 Å². The molecule has 0 aliphatic rings. The van der Waals surface area contributed by atoms with Crippen molar-refractivity contribution in [2.45, 2.75) is 6.10 Å². The minimum absolute atomic E-state index is 0.00315. The predicted octanol–water partition coefficient (Wildman–Crippen LogP) is -1.30. The number of aliphatic hydroxyl groups excluding tert-OH is 2. The second kappa shape index (κ2) is 5.01. The molecular weight excluding hydrogens is 138 g/mol. The number of amides is 1. The average molecular weight is 149 g/mol. The lowest BCUT2D eigenvalue weighted by Gasteiger charge is -2.06. The molecule has 0 heterocycles. The summed E-state index contributed by atoms with van der Waals surface area (Å²) in [6, 6.07) is 0. The summed E-state index contributed by atoms with van der Waals surface area (Å²) in [7, 11) is 1.22. The van der Waals surface area contributed by atoms with Crippen molar-refractivity contribution < 1.29 is 19.7 Å². The number of carbonyl (C=O) groups is 1. The first-order chi connectivity index (χ1) is 4.70. The van der Waals surface area contributed by atoms with Crippen molar-refractivity contribution >= 4 is 6.09 Å². The summed E-state index contributed by atoms with van der Waals surface area (Å²) in [5.41, 5.74) is 0. The quantitative estimate of drug-likeness (QED) is 0.466. The van der Waals surface area contributed by atoms with Crippen LogP contribution in [0, 0.1) is 0 Å². The third-order valence-electron chi connectivity index (χ3n) is 0.878. The van der Waals surface area contributed by atoms with E-state index in [0.717, 1.165) is 0 Å². The van der Waals surface area contributed by atoms with E-state index in [4.69, 9.17) is 10.2 Å². The van der Waals surface area contributed by atoms with Crippen LogP contribution in [0.4, 0.5) is 4.79 Å². The Bertz CT molecular complexity index is 106. The third-order valence-corrected chi connectivity index (χ3v) is 0.878. The highest BCUT2D eigenvalue weighted by Gasteiger charge is 2.03. The molecule has 0 bridgehead atoms. The molecule has 1 amide bonds. The van der Waals surface area contributed by atoms with Crippen LogP contribution < -0.4 is 5.32 Å². The van der Waals surface area contributed by atoms with Gasteiger partial charge in [0.1, 0.15) is 0 Å². The number of rotatable bonds is 3. The lowest BCUT2D eigenvalue weighted by atomic mass is 10.4. The van der Waals surface area contributed by atoms with Crippen LogP contribution in [0.3, 0.4) is 0 Å². The van der Waals surface area contributed by atoms with Crippen molar-refractivity contribution in [3.05, 3.63) is 0 Å². The van der Waals surface area contributed by atoms with E-state index in [9.17, 15) is 4.79 Å². The Morgan fingerprint density at radius 1 is 1.80 bits per heavy atom. The molecule has 0 saturated heterocycles. The minimum Gasteiger partial charge on any atom is -0.453 e. The van der Waals surface area contributed by atoms with Gasteiger partial charge in [0.05, 0.1) is 19.8 Å². The van der Waals surface area contributed by atoms with Gasteiger partial charge >= 0.3 is 6.09 Å². The summed E-state index contributed by atoms with van der Waals surface area (Å²) in [4.78, 5) is 10.3. The second-order valence-electron chi connectivity index (χ2n) is 1.71. The topological polar surface area (TPSA) is 78.8 Å². The molecule has 1 atom stereocenters. The Hall–Kier alpha value is -0.810. The van der Waals surface area contributed by atoms with E-state index in [1.54, 1.807) is 0 Å². The van der Waals surface area contributed by atoms with Gasteiger partial charge in [-0.1, -0.05) is 0 Å². The number of alkyl carbamates (subject to hydrolysis) is 1. The molecule has 1 unspecified atom stereocenters. The average Bonchev–Trinajstić information content (AvgIpc) is 1.99. The Kier molecular flexibility index (Phi) is 4.61. The number of aliphatic hydroxyl groups is 2. The number of hydrogen-bond donors (Lipinski definition) is 3. The number of hydrogen-bond acceptors (Lipinski definition) is 4. The molecule has 60 valence electrons. The first kappa shape index (κ1) is 9.19. The van der Waals surface area contributed by atoms with E-state index in [-0.39, 0.29) is 13.2 Å². The summed E-state index contributed by atoms with van der Waals surface area (Å²) >= 11 is 0. The maximum absolute atomic E-state index is 10.3. The standard InChI is InChI=1S/C5H11NO4/c1-10-5(9)6-2-4(8)3-7/h4,7-8H,2-3H2,1H3,(H,6,9). The van der Waals surface area contributed by atoms with Crippen LogP contribution in [-0.4, -0.2) is 42.7 Å². The SMILES string of the molecule is COC(=O)NCC(O)CO. The first-order valence-corrected chi connectivity index (χ1v) is 2.81. The van der Waals surface area contributed by atoms with Crippen molar-refractivity contribution in [1.29, 1.82) is 0 Å². The molecular formula is C5H11NO4. The van der Waals surface area contributed by atoms with Crippen LogP contribution >= 0.6 is 0 Å². The molecule has 5 heteroatoms. The molecule has 5 nitrogen and oxygen atoms in total. The van der Waals surface area contributed by atoms with E-state index in [2.05, 4.69) is 10.1 Å². The molecule has 0 saturated carbocycles. The number of carbonyl (C=O) groups excluding carboxylic acids is 1. The fraction of sp³-hybridized carbons (Fsp3) is 0.800. The van der Waals surface area contributed by atoms with Crippen LogP contribution in [-0.2, 0) is 4.74 Å². The lowest BCUT2D eigenvalue weighted by Crippen LogP contribution is -2.33. The van der Waals surface area contributed by atoms with Gasteiger partial charge in [-0.05, 0) is 0 Å². The zero-order valence-corrected chi connectivity index (χ0v) is 5.70. The molecule has 0 aliphatic heterocycles. The Labute approximate surface area is 58.6 Å². The maximum Gasteiger partial charge on any atom is 0.406 e. The Morgan fingerprint density at radius 2 is 2.40 bits per heavy atom. The molecule has 0 aromatic rings. The molecule has 0 spiro atoms. The summed E-state index contributed by atoms with van der Waals surface area (Å²) in [6.45, 7) is -0.368. The van der Waals surface area contributed by atoms with Gasteiger partial charge in [-0.2, -0.15) is 0 Å². The fourth-order valence-corrected chi connectivity index (χ4v) is 0.338. The van der Waals surface area contributed by atoms with Gasteiger partial charge in [-0.25, -0.2) is 4.79 Å². The minimum atomic E-state index is -0.918. The normalized spacial score (nSPS) is 12.3. The number of ether oxygens (including phenoxy) is 1. The molecule has 0 aliphatic carbocycles. The van der Waals surface area contributed by atoms with Crippen molar-refractivity contribution in [3.8, 4) is 0 Å². The van der Waals surface area contributed by atoms with Gasteiger partial charge in [-0.15, -0.1) is 0 Å². The van der Waals surface area contributed by atoms with E-state index < -0.39 is 12.2 Å². The molecule has 0 aromatic carbocycles. The summed E-state index contributed by atoms with van der Waals surface area (Å²) < 4.78 is 4.20. The Balaban J connectivity index is 3.26. The zero-order chi connectivity index (χ0) is 7.98. The van der Waals surface area contributed by atoms with E-state index >= 15 is 0 Å². The molecule has 0 rings (SSSR count). The van der Waals surface area contributed by atoms with Crippen LogP contribution in [0.2, 0.25) is 0 Å². The molecule has 0 aromatic heterocycles. The Morgan fingerprint density at radius 3 is 2.80 bits per heavy atom. The smallest absolute Gasteiger partial charge is 0.406 e. The summed E-state index contributed by atoms with van der Waals surface area (Å²) in [5.74, 6) is 0. The highest BCUT2D eigenvalue weighted by molar-refractivity contribution is 5.66. The number of nitrogens with one attached hydrogen (secondary N) is 1. The van der Waals surface area contributed by atoms with Gasteiger partial charge in [0.25, 0.3) is 0 Å². The lowest BCUT2D eigenvalue weighted by molar-refractivity contribution is 0.0914. The van der Waals surface area contributed by atoms with Crippen molar-refractivity contribution in [2.24, 2.45) is 0 Å². The first-order valence-electron chi connectivity index (χ1n) is 2.81. The fourth-order valence-electron chi connectivity index (χ4n) is 0.338.